The zero-order chi connectivity index (χ0) is 9.23. The topological polar surface area (TPSA) is 9.23 Å². The van der Waals surface area contributed by atoms with E-state index >= 15 is 0 Å². The van der Waals surface area contributed by atoms with Crippen LogP contribution in [0.2, 0.25) is 0 Å². The van der Waals surface area contributed by atoms with Crippen LogP contribution < -0.4 is 0 Å². The van der Waals surface area contributed by atoms with Crippen LogP contribution in [-0.4, -0.2) is 20.4 Å². The fraction of sp³-hybridized carbons (Fsp3) is 0.800. The van der Waals surface area contributed by atoms with Crippen molar-refractivity contribution in [2.24, 2.45) is 5.92 Å². The summed E-state index contributed by atoms with van der Waals surface area (Å²) in [6, 6.07) is 0. The molecule has 0 aromatic heterocycles. The van der Waals surface area contributed by atoms with Crippen LogP contribution in [0, 0.1) is 5.92 Å². The van der Waals surface area contributed by atoms with Crippen LogP contribution in [-0.2, 0) is 4.74 Å². The Labute approximate surface area is 74.6 Å². The minimum atomic E-state index is -0.181. The van der Waals surface area contributed by atoms with Crippen molar-refractivity contribution in [2.75, 3.05) is 20.4 Å². The fourth-order valence-electron chi connectivity index (χ4n) is 1.05. The first-order chi connectivity index (χ1) is 5.85. The summed E-state index contributed by atoms with van der Waals surface area (Å²) in [6.07, 6.45) is 7.65. The van der Waals surface area contributed by atoms with E-state index in [2.05, 4.69) is 12.2 Å². The van der Waals surface area contributed by atoms with Gasteiger partial charge in [0.15, 0.2) is 0 Å². The minimum absolute atomic E-state index is 0.181. The maximum atomic E-state index is 10.7. The first-order valence-corrected chi connectivity index (χ1v) is 4.56. The van der Waals surface area contributed by atoms with E-state index in [0.29, 0.717) is 12.3 Å². The predicted octanol–water partition coefficient (Wildman–Crippen LogP) is 2.96. The molecule has 1 rings (SSSR count). The Morgan fingerprint density at radius 2 is 2.25 bits per heavy atom. The van der Waals surface area contributed by atoms with Crippen LogP contribution in [0.15, 0.2) is 12.2 Å². The van der Waals surface area contributed by atoms with Gasteiger partial charge in [-0.1, -0.05) is 19.1 Å². The maximum absolute atomic E-state index is 10.7. The lowest BCUT2D eigenvalue weighted by molar-refractivity contribution is 0.169. The smallest absolute Gasteiger partial charge is 0.0891 e. The average Bonchev–Trinajstić information content (AvgIpc) is 2.58. The number of halogens is 1. The number of hydrogen-bond acceptors (Lipinski definition) is 1. The Morgan fingerprint density at radius 1 is 1.58 bits per heavy atom. The summed E-state index contributed by atoms with van der Waals surface area (Å²) in [5, 5.41) is 0. The van der Waals surface area contributed by atoms with Gasteiger partial charge in [-0.25, -0.2) is 0 Å². The molecular weight excluding hydrogens is 155 g/mol. The van der Waals surface area contributed by atoms with E-state index in [1.807, 2.05) is 0 Å². The highest BCUT2D eigenvalue weighted by atomic mass is 19.1. The lowest BCUT2D eigenvalue weighted by atomic mass is 10.1. The molecule has 72 valence electrons. The summed E-state index contributed by atoms with van der Waals surface area (Å²) in [5.41, 5.74) is 0. The molecule has 0 spiro atoms. The van der Waals surface area contributed by atoms with Crippen molar-refractivity contribution in [3.63, 3.8) is 0 Å². The monoisotopic (exact) mass is 174 g/mol. The van der Waals surface area contributed by atoms with Gasteiger partial charge in [0, 0.05) is 13.0 Å². The van der Waals surface area contributed by atoms with Crippen LogP contribution >= 0.6 is 0 Å². The Hall–Kier alpha value is -0.370. The molecule has 0 amide bonds. The van der Waals surface area contributed by atoms with Gasteiger partial charge in [-0.3, -0.25) is 4.39 Å². The fourth-order valence-corrected chi connectivity index (χ4v) is 1.05. The number of alkyl halides is 1. The van der Waals surface area contributed by atoms with Crippen molar-refractivity contribution in [1.82, 2.24) is 0 Å². The Kier molecular flexibility index (Phi) is 8.46. The summed E-state index contributed by atoms with van der Waals surface area (Å²) in [5.74, 6) is 0.708. The van der Waals surface area contributed by atoms with Gasteiger partial charge in [-0.2, -0.15) is 0 Å². The van der Waals surface area contributed by atoms with Gasteiger partial charge in [0.1, 0.15) is 0 Å². The van der Waals surface area contributed by atoms with Crippen LogP contribution in [0.3, 0.4) is 0 Å². The number of hydrogen-bond donors (Lipinski definition) is 0. The normalized spacial score (nSPS) is 20.4. The van der Waals surface area contributed by atoms with Crippen LogP contribution in [0.4, 0.5) is 4.39 Å². The minimum Gasteiger partial charge on any atom is -0.384 e. The third kappa shape index (κ3) is 6.35. The molecular formula is C10H19FO. The predicted molar refractivity (Wildman–Crippen MR) is 50.0 cm³/mol. The molecule has 1 aliphatic carbocycles. The molecule has 1 atom stereocenters. The molecule has 0 radical (unpaired) electrons. The summed E-state index contributed by atoms with van der Waals surface area (Å²) in [7, 11) is 1.76. The Bertz CT molecular complexity index is 110. The Balaban J connectivity index is 0.000000261. The van der Waals surface area contributed by atoms with Crippen LogP contribution in [0.5, 0.6) is 0 Å². The molecule has 0 aromatic carbocycles. The lowest BCUT2D eigenvalue weighted by Crippen LogP contribution is -2.00. The van der Waals surface area contributed by atoms with E-state index < -0.39 is 0 Å². The van der Waals surface area contributed by atoms with Crippen molar-refractivity contribution in [3.05, 3.63) is 12.2 Å². The average molecular weight is 174 g/mol. The molecule has 12 heavy (non-hydrogen) atoms. The van der Waals surface area contributed by atoms with Gasteiger partial charge >= 0.3 is 0 Å². The van der Waals surface area contributed by atoms with Gasteiger partial charge in [0.25, 0.3) is 0 Å². The molecule has 0 fully saturated rings. The number of rotatable bonds is 3. The zero-order valence-corrected chi connectivity index (χ0v) is 8.05. The molecule has 0 unspecified atom stereocenters. The third-order valence-corrected chi connectivity index (χ3v) is 1.68. The molecule has 0 aliphatic heterocycles. The first-order valence-electron chi connectivity index (χ1n) is 4.56. The van der Waals surface area contributed by atoms with E-state index in [-0.39, 0.29) is 6.67 Å². The van der Waals surface area contributed by atoms with Crippen molar-refractivity contribution in [3.8, 4) is 0 Å². The molecule has 0 aromatic rings. The van der Waals surface area contributed by atoms with Crippen molar-refractivity contribution < 1.29 is 9.13 Å². The van der Waals surface area contributed by atoms with E-state index in [1.54, 1.807) is 14.0 Å². The second-order valence-electron chi connectivity index (χ2n) is 2.91. The van der Waals surface area contributed by atoms with Crippen LogP contribution in [0.1, 0.15) is 26.2 Å². The molecule has 1 aliphatic rings. The van der Waals surface area contributed by atoms with Crippen molar-refractivity contribution >= 4 is 0 Å². The first kappa shape index (κ1) is 11.6. The lowest BCUT2D eigenvalue weighted by Gasteiger charge is -2.02. The molecule has 2 heteroatoms. The molecule has 0 bridgehead atoms. The van der Waals surface area contributed by atoms with E-state index in [0.717, 1.165) is 6.61 Å². The molecule has 0 saturated heterocycles. The molecule has 0 N–H and O–H groups in total. The summed E-state index contributed by atoms with van der Waals surface area (Å²) < 4.78 is 15.7. The van der Waals surface area contributed by atoms with Crippen molar-refractivity contribution in [1.29, 1.82) is 0 Å². The summed E-state index contributed by atoms with van der Waals surface area (Å²) in [4.78, 5) is 0. The van der Waals surface area contributed by atoms with Crippen LogP contribution in [0.25, 0.3) is 0 Å². The van der Waals surface area contributed by atoms with E-state index in [4.69, 9.17) is 4.74 Å². The highest BCUT2D eigenvalue weighted by molar-refractivity contribution is 4.95. The van der Waals surface area contributed by atoms with Gasteiger partial charge in [-0.15, -0.1) is 0 Å². The molecule has 1 nitrogen and oxygen atoms in total. The third-order valence-electron chi connectivity index (χ3n) is 1.68. The molecule has 0 saturated carbocycles. The van der Waals surface area contributed by atoms with E-state index in [9.17, 15) is 4.39 Å². The summed E-state index contributed by atoms with van der Waals surface area (Å²) >= 11 is 0. The van der Waals surface area contributed by atoms with Gasteiger partial charge in [-0.05, 0) is 19.3 Å². The molecule has 0 heterocycles. The second kappa shape index (κ2) is 8.72. The Morgan fingerprint density at radius 3 is 2.58 bits per heavy atom. The van der Waals surface area contributed by atoms with Gasteiger partial charge < -0.3 is 4.74 Å². The number of allylic oxidation sites excluding steroid dienone is 1. The quantitative estimate of drug-likeness (QED) is 0.598. The highest BCUT2D eigenvalue weighted by Gasteiger charge is 2.06. The largest absolute Gasteiger partial charge is 0.384 e. The van der Waals surface area contributed by atoms with Gasteiger partial charge in [0.05, 0.1) is 13.3 Å². The van der Waals surface area contributed by atoms with Gasteiger partial charge in [0.2, 0.25) is 0 Å². The van der Waals surface area contributed by atoms with Crippen molar-refractivity contribution in [2.45, 2.75) is 26.2 Å². The van der Waals surface area contributed by atoms with E-state index in [1.165, 1.54) is 12.8 Å². The SMILES string of the molecule is CCCF.COC[C@H]1C=CCC1. The standard InChI is InChI=1S/C7H12O.C3H7F/c1-8-6-7-4-2-3-5-7;1-2-3-4/h2,4,7H,3,5-6H2,1H3;2-3H2,1H3/t7-;/m0./s1. The summed E-state index contributed by atoms with van der Waals surface area (Å²) in [6.45, 7) is 2.52. The number of ether oxygens (including phenoxy) is 1. The zero-order valence-electron chi connectivity index (χ0n) is 8.05. The maximum Gasteiger partial charge on any atom is 0.0891 e. The highest BCUT2D eigenvalue weighted by Crippen LogP contribution is 2.16. The second-order valence-corrected chi connectivity index (χ2v) is 2.91. The number of methoxy groups -OCH3 is 1.